The third kappa shape index (κ3) is 5.66. The molecule has 27 heavy (non-hydrogen) atoms. The molecule has 0 aliphatic heterocycles. The highest BCUT2D eigenvalue weighted by Crippen LogP contribution is 2.18. The van der Waals surface area contributed by atoms with Crippen LogP contribution in [0.2, 0.25) is 5.02 Å². The molecule has 1 amide bonds. The molecule has 0 fully saturated rings. The predicted octanol–water partition coefficient (Wildman–Crippen LogP) is 2.74. The van der Waals surface area contributed by atoms with E-state index in [1.807, 2.05) is 0 Å². The molecular weight excluding hydrogens is 393 g/mol. The van der Waals surface area contributed by atoms with Gasteiger partial charge in [-0.15, -0.1) is 5.10 Å². The van der Waals surface area contributed by atoms with Gasteiger partial charge in [-0.3, -0.25) is 4.79 Å². The van der Waals surface area contributed by atoms with Crippen LogP contribution in [0, 0.1) is 5.82 Å². The van der Waals surface area contributed by atoms with Crippen LogP contribution in [0.25, 0.3) is 5.69 Å². The molecule has 0 bridgehead atoms. The maximum Gasteiger partial charge on any atom is 0.230 e. The minimum absolute atomic E-state index is 0.122. The number of carbonyl (C=O) groups excluding carboxylic acids is 1. The number of nitrogens with one attached hydrogen (secondary N) is 1. The monoisotopic (exact) mass is 407 g/mol. The smallest absolute Gasteiger partial charge is 0.230 e. The summed E-state index contributed by atoms with van der Waals surface area (Å²) < 4.78 is 20.2. The van der Waals surface area contributed by atoms with Crippen molar-refractivity contribution in [2.24, 2.45) is 0 Å². The molecule has 2 aromatic carbocycles. The Hall–Kier alpha value is -2.65. The molecule has 1 N–H and O–H groups in total. The number of thioether (sulfide) groups is 1. The average molecular weight is 408 g/mol. The summed E-state index contributed by atoms with van der Waals surface area (Å²) in [4.78, 5) is 12.0. The Morgan fingerprint density at radius 1 is 1.26 bits per heavy atom. The molecular formula is C17H15ClFN5O2S. The van der Waals surface area contributed by atoms with Crippen molar-refractivity contribution >= 4 is 29.3 Å². The summed E-state index contributed by atoms with van der Waals surface area (Å²) in [6.45, 7) is 0.690. The van der Waals surface area contributed by atoms with E-state index in [2.05, 4.69) is 20.8 Å². The van der Waals surface area contributed by atoms with Crippen molar-refractivity contribution in [2.45, 2.75) is 5.16 Å². The molecule has 0 spiro atoms. The second-order valence-electron chi connectivity index (χ2n) is 5.29. The van der Waals surface area contributed by atoms with Gasteiger partial charge in [0.2, 0.25) is 11.1 Å². The summed E-state index contributed by atoms with van der Waals surface area (Å²) in [5.41, 5.74) is 0.485. The number of aromatic nitrogens is 4. The molecule has 0 radical (unpaired) electrons. The summed E-state index contributed by atoms with van der Waals surface area (Å²) in [5, 5.41) is 15.0. The van der Waals surface area contributed by atoms with Gasteiger partial charge in [0, 0.05) is 5.02 Å². The van der Waals surface area contributed by atoms with Gasteiger partial charge < -0.3 is 10.1 Å². The zero-order valence-electron chi connectivity index (χ0n) is 14.0. The fraction of sp³-hybridized carbons (Fsp3) is 0.176. The Balaban J connectivity index is 1.43. The summed E-state index contributed by atoms with van der Waals surface area (Å²) in [6, 6.07) is 12.9. The van der Waals surface area contributed by atoms with Crippen LogP contribution >= 0.6 is 23.4 Å². The quantitative estimate of drug-likeness (QED) is 0.456. The van der Waals surface area contributed by atoms with Crippen molar-refractivity contribution in [3.8, 4) is 11.4 Å². The largest absolute Gasteiger partial charge is 0.492 e. The minimum atomic E-state index is -0.391. The highest BCUT2D eigenvalue weighted by Gasteiger charge is 2.12. The van der Waals surface area contributed by atoms with E-state index in [4.69, 9.17) is 16.3 Å². The van der Waals surface area contributed by atoms with Gasteiger partial charge in [0.05, 0.1) is 18.0 Å². The van der Waals surface area contributed by atoms with Crippen molar-refractivity contribution < 1.29 is 13.9 Å². The molecule has 0 saturated carbocycles. The Labute approximate surface area is 163 Å². The van der Waals surface area contributed by atoms with Crippen molar-refractivity contribution in [3.63, 3.8) is 0 Å². The van der Waals surface area contributed by atoms with E-state index in [9.17, 15) is 9.18 Å². The molecule has 140 valence electrons. The van der Waals surface area contributed by atoms with Gasteiger partial charge in [-0.1, -0.05) is 29.4 Å². The zero-order valence-corrected chi connectivity index (χ0v) is 15.6. The normalized spacial score (nSPS) is 10.6. The van der Waals surface area contributed by atoms with Crippen molar-refractivity contribution in [1.29, 1.82) is 0 Å². The van der Waals surface area contributed by atoms with Crippen LogP contribution in [0.5, 0.6) is 5.75 Å². The maximum atomic E-state index is 13.3. The number of ether oxygens (including phenoxy) is 1. The van der Waals surface area contributed by atoms with Gasteiger partial charge in [0.25, 0.3) is 0 Å². The highest BCUT2D eigenvalue weighted by molar-refractivity contribution is 7.99. The number of carbonyl (C=O) groups is 1. The van der Waals surface area contributed by atoms with E-state index in [0.29, 0.717) is 34.8 Å². The van der Waals surface area contributed by atoms with Crippen molar-refractivity contribution in [3.05, 3.63) is 59.4 Å². The van der Waals surface area contributed by atoms with E-state index in [0.717, 1.165) is 11.8 Å². The molecule has 3 rings (SSSR count). The first-order valence-corrected chi connectivity index (χ1v) is 9.30. The van der Waals surface area contributed by atoms with Crippen molar-refractivity contribution in [1.82, 2.24) is 25.5 Å². The number of hydrogen-bond acceptors (Lipinski definition) is 6. The minimum Gasteiger partial charge on any atom is -0.492 e. The van der Waals surface area contributed by atoms with Crippen molar-refractivity contribution in [2.75, 3.05) is 18.9 Å². The number of tetrazole rings is 1. The molecule has 0 aliphatic rings. The summed E-state index contributed by atoms with van der Waals surface area (Å²) in [5.74, 6) is 0.222. The number of hydrogen-bond donors (Lipinski definition) is 1. The number of nitrogens with zero attached hydrogens (tertiary/aromatic N) is 4. The summed E-state index contributed by atoms with van der Waals surface area (Å²) in [6.07, 6.45) is 0. The third-order valence-corrected chi connectivity index (χ3v) is 4.50. The van der Waals surface area contributed by atoms with Crippen LogP contribution < -0.4 is 10.1 Å². The van der Waals surface area contributed by atoms with Gasteiger partial charge in [-0.05, 0) is 52.9 Å². The summed E-state index contributed by atoms with van der Waals surface area (Å²) in [7, 11) is 0. The lowest BCUT2D eigenvalue weighted by atomic mass is 10.3. The average Bonchev–Trinajstić information content (AvgIpc) is 3.14. The number of benzene rings is 2. The molecule has 0 saturated heterocycles. The zero-order chi connectivity index (χ0) is 19.1. The molecule has 0 unspecified atom stereocenters. The molecule has 7 nitrogen and oxygen atoms in total. The van der Waals surface area contributed by atoms with E-state index < -0.39 is 5.82 Å². The third-order valence-electron chi connectivity index (χ3n) is 3.33. The van der Waals surface area contributed by atoms with Gasteiger partial charge in [-0.2, -0.15) is 4.68 Å². The topological polar surface area (TPSA) is 81.9 Å². The Bertz CT molecular complexity index is 906. The molecule has 10 heteroatoms. The second-order valence-corrected chi connectivity index (χ2v) is 6.67. The maximum absolute atomic E-state index is 13.3. The Kier molecular flexibility index (Phi) is 6.61. The fourth-order valence-corrected chi connectivity index (χ4v) is 2.96. The lowest BCUT2D eigenvalue weighted by molar-refractivity contribution is -0.118. The van der Waals surface area contributed by atoms with E-state index >= 15 is 0 Å². The van der Waals surface area contributed by atoms with E-state index in [1.165, 1.54) is 16.8 Å². The van der Waals surface area contributed by atoms with Crippen LogP contribution in [0.4, 0.5) is 4.39 Å². The van der Waals surface area contributed by atoms with Gasteiger partial charge in [0.1, 0.15) is 18.2 Å². The number of halogens is 2. The summed E-state index contributed by atoms with van der Waals surface area (Å²) >= 11 is 6.96. The number of rotatable bonds is 8. The van der Waals surface area contributed by atoms with Crippen LogP contribution in [0.3, 0.4) is 0 Å². The van der Waals surface area contributed by atoms with Gasteiger partial charge >= 0.3 is 0 Å². The lowest BCUT2D eigenvalue weighted by Crippen LogP contribution is -2.29. The fourth-order valence-electron chi connectivity index (χ4n) is 2.11. The van der Waals surface area contributed by atoms with Crippen LogP contribution in [0.15, 0.2) is 53.7 Å². The molecule has 0 atom stereocenters. The highest BCUT2D eigenvalue weighted by atomic mass is 35.5. The number of amides is 1. The van der Waals surface area contributed by atoms with Crippen LogP contribution in [-0.2, 0) is 4.79 Å². The lowest BCUT2D eigenvalue weighted by Gasteiger charge is -2.08. The Morgan fingerprint density at radius 3 is 2.85 bits per heavy atom. The Morgan fingerprint density at radius 2 is 2.07 bits per heavy atom. The molecule has 1 heterocycles. The SMILES string of the molecule is O=C(CSc1nnnn1-c1cccc(F)c1)NCCOc1ccc(Cl)cc1. The first-order chi connectivity index (χ1) is 13.1. The molecule has 0 aliphatic carbocycles. The second kappa shape index (κ2) is 9.33. The van der Waals surface area contributed by atoms with Crippen LogP contribution in [-0.4, -0.2) is 45.0 Å². The standard InChI is InChI=1S/C17H15ClFN5O2S/c18-12-4-6-15(7-5-12)26-9-8-20-16(25)11-27-17-21-22-23-24(17)14-3-1-2-13(19)10-14/h1-7,10H,8-9,11H2,(H,20,25). The first-order valence-electron chi connectivity index (χ1n) is 7.94. The molecule has 3 aromatic rings. The van der Waals surface area contributed by atoms with E-state index in [-0.39, 0.29) is 11.7 Å². The predicted molar refractivity (Wildman–Crippen MR) is 99.8 cm³/mol. The van der Waals surface area contributed by atoms with Gasteiger partial charge in [-0.25, -0.2) is 4.39 Å². The van der Waals surface area contributed by atoms with Crippen LogP contribution in [0.1, 0.15) is 0 Å². The first kappa shape index (κ1) is 19.1. The molecule has 1 aromatic heterocycles. The van der Waals surface area contributed by atoms with Gasteiger partial charge in [0.15, 0.2) is 0 Å². The van der Waals surface area contributed by atoms with E-state index in [1.54, 1.807) is 36.4 Å².